The number of morpholine rings is 1. The normalized spacial score (nSPS) is 19.5. The number of ether oxygens (including phenoxy) is 1. The van der Waals surface area contributed by atoms with Crippen LogP contribution >= 0.6 is 0 Å². The molecular weight excluding hydrogens is 348 g/mol. The summed E-state index contributed by atoms with van der Waals surface area (Å²) in [4.78, 5) is 17.2. The molecule has 0 radical (unpaired) electrons. The topological polar surface area (TPSA) is 32.8 Å². The average Bonchev–Trinajstić information content (AvgIpc) is 3.24. The summed E-state index contributed by atoms with van der Waals surface area (Å²) >= 11 is 0. The zero-order valence-electron chi connectivity index (χ0n) is 16.7. The van der Waals surface area contributed by atoms with Crippen LogP contribution in [0.2, 0.25) is 0 Å². The van der Waals surface area contributed by atoms with E-state index in [0.717, 1.165) is 37.4 Å². The van der Waals surface area contributed by atoms with Crippen LogP contribution in [0, 0.1) is 5.92 Å². The smallest absolute Gasteiger partial charge is 0.254 e. The highest BCUT2D eigenvalue weighted by Gasteiger charge is 2.27. The molecule has 2 aromatic carbocycles. The molecule has 1 atom stereocenters. The molecule has 0 N–H and O–H groups in total. The number of benzene rings is 2. The molecule has 0 saturated carbocycles. The molecule has 0 aliphatic carbocycles. The van der Waals surface area contributed by atoms with Gasteiger partial charge in [-0.1, -0.05) is 50.3 Å². The lowest BCUT2D eigenvalue weighted by molar-refractivity contribution is 0.0720. The molecule has 4 heteroatoms. The van der Waals surface area contributed by atoms with Gasteiger partial charge in [-0.05, 0) is 41.3 Å². The monoisotopic (exact) mass is 376 g/mol. The van der Waals surface area contributed by atoms with Gasteiger partial charge in [0.1, 0.15) is 0 Å². The second-order valence-corrected chi connectivity index (χ2v) is 7.84. The predicted octanol–water partition coefficient (Wildman–Crippen LogP) is 4.23. The van der Waals surface area contributed by atoms with E-state index in [1.807, 2.05) is 29.2 Å². The van der Waals surface area contributed by atoms with Gasteiger partial charge in [-0.2, -0.15) is 0 Å². The lowest BCUT2D eigenvalue weighted by atomic mass is 10.0. The van der Waals surface area contributed by atoms with E-state index >= 15 is 0 Å². The van der Waals surface area contributed by atoms with Gasteiger partial charge in [0, 0.05) is 30.9 Å². The molecule has 0 spiro atoms. The van der Waals surface area contributed by atoms with Gasteiger partial charge >= 0.3 is 0 Å². The fourth-order valence-corrected chi connectivity index (χ4v) is 4.00. The minimum Gasteiger partial charge on any atom is -0.378 e. The van der Waals surface area contributed by atoms with Crippen molar-refractivity contribution >= 4 is 11.6 Å². The maximum Gasteiger partial charge on any atom is 0.254 e. The van der Waals surface area contributed by atoms with Crippen LogP contribution in [0.15, 0.2) is 60.7 Å². The Kier molecular flexibility index (Phi) is 5.49. The highest BCUT2D eigenvalue weighted by atomic mass is 16.5. The minimum absolute atomic E-state index is 0.109. The number of carbonyl (C=O) groups is 1. The standard InChI is InChI=1S/C24H28N2O2/c1-18(2)23-4-3-13-26(23)24(27)21-7-5-19(6-8-21)20-9-11-22(12-10-20)25-14-16-28-17-15-25/h3-12,18,23H,13-17H2,1-2H3/t23-/m1/s1. The molecule has 2 aliphatic heterocycles. The Morgan fingerprint density at radius 1 is 0.964 bits per heavy atom. The van der Waals surface area contributed by atoms with Crippen LogP contribution in [0.25, 0.3) is 11.1 Å². The summed E-state index contributed by atoms with van der Waals surface area (Å²) < 4.78 is 5.42. The van der Waals surface area contributed by atoms with Crippen molar-refractivity contribution in [3.8, 4) is 11.1 Å². The van der Waals surface area contributed by atoms with Crippen LogP contribution in [0.4, 0.5) is 5.69 Å². The van der Waals surface area contributed by atoms with Crippen molar-refractivity contribution in [1.29, 1.82) is 0 Å². The fraction of sp³-hybridized carbons (Fsp3) is 0.375. The first kappa shape index (κ1) is 18.8. The van der Waals surface area contributed by atoms with Gasteiger partial charge < -0.3 is 14.5 Å². The van der Waals surface area contributed by atoms with Crippen LogP contribution in [-0.4, -0.2) is 49.7 Å². The van der Waals surface area contributed by atoms with Gasteiger partial charge in [0.25, 0.3) is 5.91 Å². The summed E-state index contributed by atoms with van der Waals surface area (Å²) in [6.07, 6.45) is 4.24. The van der Waals surface area contributed by atoms with Crippen molar-refractivity contribution in [3.05, 3.63) is 66.2 Å². The molecule has 1 saturated heterocycles. The van der Waals surface area contributed by atoms with Crippen molar-refractivity contribution in [2.24, 2.45) is 5.92 Å². The molecule has 28 heavy (non-hydrogen) atoms. The highest BCUT2D eigenvalue weighted by molar-refractivity contribution is 5.95. The van der Waals surface area contributed by atoms with Crippen molar-refractivity contribution in [2.75, 3.05) is 37.7 Å². The van der Waals surface area contributed by atoms with Crippen LogP contribution in [0.1, 0.15) is 24.2 Å². The Balaban J connectivity index is 1.46. The highest BCUT2D eigenvalue weighted by Crippen LogP contribution is 2.26. The van der Waals surface area contributed by atoms with E-state index in [9.17, 15) is 4.79 Å². The quantitative estimate of drug-likeness (QED) is 0.749. The molecule has 0 aromatic heterocycles. The summed E-state index contributed by atoms with van der Waals surface area (Å²) in [5.41, 5.74) is 4.28. The Labute approximate surface area is 167 Å². The van der Waals surface area contributed by atoms with Gasteiger partial charge in [0.2, 0.25) is 0 Å². The number of hydrogen-bond donors (Lipinski definition) is 0. The Bertz CT molecular complexity index is 834. The second kappa shape index (κ2) is 8.19. The Morgan fingerprint density at radius 3 is 2.18 bits per heavy atom. The summed E-state index contributed by atoms with van der Waals surface area (Å²) in [5, 5.41) is 0. The predicted molar refractivity (Wildman–Crippen MR) is 114 cm³/mol. The Hall–Kier alpha value is -2.59. The molecule has 1 fully saturated rings. The van der Waals surface area contributed by atoms with Crippen molar-refractivity contribution in [1.82, 2.24) is 4.90 Å². The largest absolute Gasteiger partial charge is 0.378 e. The summed E-state index contributed by atoms with van der Waals surface area (Å²) in [7, 11) is 0. The zero-order chi connectivity index (χ0) is 19.5. The first-order valence-corrected chi connectivity index (χ1v) is 10.1. The van der Waals surface area contributed by atoms with E-state index < -0.39 is 0 Å². The van der Waals surface area contributed by atoms with Crippen molar-refractivity contribution < 1.29 is 9.53 Å². The molecule has 2 aliphatic rings. The number of nitrogens with zero attached hydrogens (tertiary/aromatic N) is 2. The molecular formula is C24H28N2O2. The SMILES string of the molecule is CC(C)[C@H]1C=CCN1C(=O)c1ccc(-c2ccc(N3CCOCC3)cc2)cc1. The molecule has 4 nitrogen and oxygen atoms in total. The van der Waals surface area contributed by atoms with E-state index in [1.54, 1.807) is 0 Å². The van der Waals surface area contributed by atoms with E-state index in [2.05, 4.69) is 55.2 Å². The van der Waals surface area contributed by atoms with E-state index in [4.69, 9.17) is 4.74 Å². The second-order valence-electron chi connectivity index (χ2n) is 7.84. The van der Waals surface area contributed by atoms with Crippen LogP contribution < -0.4 is 4.90 Å². The molecule has 2 aromatic rings. The van der Waals surface area contributed by atoms with Gasteiger partial charge in [-0.15, -0.1) is 0 Å². The van der Waals surface area contributed by atoms with Crippen molar-refractivity contribution in [2.45, 2.75) is 19.9 Å². The number of rotatable bonds is 4. The van der Waals surface area contributed by atoms with E-state index in [1.165, 1.54) is 11.3 Å². The molecule has 1 amide bonds. The van der Waals surface area contributed by atoms with E-state index in [-0.39, 0.29) is 11.9 Å². The molecule has 4 rings (SSSR count). The van der Waals surface area contributed by atoms with Gasteiger partial charge in [0.15, 0.2) is 0 Å². The zero-order valence-corrected chi connectivity index (χ0v) is 16.7. The number of anilines is 1. The third-order valence-corrected chi connectivity index (χ3v) is 5.65. The summed E-state index contributed by atoms with van der Waals surface area (Å²) in [5.74, 6) is 0.532. The molecule has 2 heterocycles. The maximum absolute atomic E-state index is 12.9. The molecule has 146 valence electrons. The molecule has 0 bridgehead atoms. The Morgan fingerprint density at radius 2 is 1.57 bits per heavy atom. The van der Waals surface area contributed by atoms with Gasteiger partial charge in [0.05, 0.1) is 19.3 Å². The van der Waals surface area contributed by atoms with Gasteiger partial charge in [-0.3, -0.25) is 4.79 Å². The third kappa shape index (κ3) is 3.83. The fourth-order valence-electron chi connectivity index (χ4n) is 4.00. The lowest BCUT2D eigenvalue weighted by Gasteiger charge is -2.29. The van der Waals surface area contributed by atoms with Gasteiger partial charge in [-0.25, -0.2) is 0 Å². The minimum atomic E-state index is 0.109. The number of hydrogen-bond acceptors (Lipinski definition) is 3. The summed E-state index contributed by atoms with van der Waals surface area (Å²) in [6, 6.07) is 16.8. The molecule has 0 unspecified atom stereocenters. The van der Waals surface area contributed by atoms with Crippen LogP contribution in [0.5, 0.6) is 0 Å². The van der Waals surface area contributed by atoms with Crippen LogP contribution in [-0.2, 0) is 4.74 Å². The number of amides is 1. The average molecular weight is 377 g/mol. The van der Waals surface area contributed by atoms with E-state index in [0.29, 0.717) is 12.5 Å². The summed E-state index contributed by atoms with van der Waals surface area (Å²) in [6.45, 7) is 8.49. The number of carbonyl (C=O) groups excluding carboxylic acids is 1. The van der Waals surface area contributed by atoms with Crippen LogP contribution in [0.3, 0.4) is 0 Å². The van der Waals surface area contributed by atoms with Crippen molar-refractivity contribution in [3.63, 3.8) is 0 Å². The maximum atomic E-state index is 12.9. The lowest BCUT2D eigenvalue weighted by Crippen LogP contribution is -2.38. The first-order valence-electron chi connectivity index (χ1n) is 10.1. The first-order chi connectivity index (χ1) is 13.6. The third-order valence-electron chi connectivity index (χ3n) is 5.65.